The second-order valence-electron chi connectivity index (χ2n) is 4.63. The highest BCUT2D eigenvalue weighted by atomic mass is 16.5. The summed E-state index contributed by atoms with van der Waals surface area (Å²) in [6.45, 7) is 8.22. The molecule has 15 heavy (non-hydrogen) atoms. The molecule has 1 heterocycles. The van der Waals surface area contributed by atoms with Crippen LogP contribution in [-0.4, -0.2) is 36.6 Å². The molecule has 0 N–H and O–H groups in total. The predicted octanol–water partition coefficient (Wildman–Crippen LogP) is 2.06. The number of nitrogens with zero attached hydrogens (tertiary/aromatic N) is 1. The maximum Gasteiger partial charge on any atom is 0.248 e. The van der Waals surface area contributed by atoms with E-state index in [9.17, 15) is 4.79 Å². The first-order valence-corrected chi connectivity index (χ1v) is 6.02. The Morgan fingerprint density at radius 1 is 1.40 bits per heavy atom. The van der Waals surface area contributed by atoms with E-state index in [1.165, 1.54) is 6.42 Å². The van der Waals surface area contributed by atoms with Crippen LogP contribution in [0.1, 0.15) is 40.0 Å². The molecule has 0 saturated carbocycles. The van der Waals surface area contributed by atoms with Gasteiger partial charge in [0.1, 0.15) is 6.61 Å². The average molecular weight is 213 g/mol. The Kier molecular flexibility index (Phi) is 5.09. The van der Waals surface area contributed by atoms with Crippen LogP contribution in [0.15, 0.2) is 0 Å². The van der Waals surface area contributed by atoms with Crippen LogP contribution in [-0.2, 0) is 9.53 Å². The van der Waals surface area contributed by atoms with E-state index in [0.29, 0.717) is 18.6 Å². The topological polar surface area (TPSA) is 29.5 Å². The molecule has 1 saturated heterocycles. The molecule has 1 amide bonds. The van der Waals surface area contributed by atoms with Gasteiger partial charge in [-0.3, -0.25) is 4.79 Å². The van der Waals surface area contributed by atoms with Crippen LogP contribution in [0.25, 0.3) is 0 Å². The van der Waals surface area contributed by atoms with Gasteiger partial charge >= 0.3 is 0 Å². The largest absolute Gasteiger partial charge is 0.372 e. The Morgan fingerprint density at radius 2 is 2.13 bits per heavy atom. The molecule has 0 aromatic carbocycles. The maximum atomic E-state index is 11.8. The third kappa shape index (κ3) is 3.82. The van der Waals surface area contributed by atoms with E-state index in [1.807, 2.05) is 4.90 Å². The van der Waals surface area contributed by atoms with Crippen molar-refractivity contribution in [1.82, 2.24) is 4.90 Å². The normalized spacial score (nSPS) is 26.7. The molecule has 2 unspecified atom stereocenters. The Balaban J connectivity index is 2.35. The van der Waals surface area contributed by atoms with Crippen LogP contribution in [0.3, 0.4) is 0 Å². The van der Waals surface area contributed by atoms with E-state index in [2.05, 4.69) is 20.8 Å². The molecule has 0 aliphatic carbocycles. The zero-order valence-electron chi connectivity index (χ0n) is 10.2. The van der Waals surface area contributed by atoms with Gasteiger partial charge in [0.05, 0.1) is 0 Å². The third-order valence-electron chi connectivity index (χ3n) is 3.01. The molecule has 1 aliphatic heterocycles. The smallest absolute Gasteiger partial charge is 0.248 e. The summed E-state index contributed by atoms with van der Waals surface area (Å²) in [4.78, 5) is 13.8. The number of hydrogen-bond acceptors (Lipinski definition) is 2. The summed E-state index contributed by atoms with van der Waals surface area (Å²) in [5.74, 6) is 0.791. The molecule has 3 nitrogen and oxygen atoms in total. The molecule has 3 heteroatoms. The number of rotatable bonds is 4. The van der Waals surface area contributed by atoms with Crippen LogP contribution in [0.5, 0.6) is 0 Å². The first kappa shape index (κ1) is 12.5. The van der Waals surface area contributed by atoms with Crippen LogP contribution >= 0.6 is 0 Å². The minimum atomic E-state index is 0.155. The van der Waals surface area contributed by atoms with Gasteiger partial charge in [0, 0.05) is 19.2 Å². The van der Waals surface area contributed by atoms with Gasteiger partial charge in [-0.1, -0.05) is 13.8 Å². The molecule has 1 rings (SSSR count). The molecular formula is C12H23NO2. The van der Waals surface area contributed by atoms with E-state index < -0.39 is 0 Å². The molecular weight excluding hydrogens is 190 g/mol. The van der Waals surface area contributed by atoms with Crippen LogP contribution < -0.4 is 0 Å². The van der Waals surface area contributed by atoms with E-state index in [0.717, 1.165) is 19.4 Å². The quantitative estimate of drug-likeness (QED) is 0.669. The predicted molar refractivity (Wildman–Crippen MR) is 60.7 cm³/mol. The standard InChI is InChI=1S/C12H23NO2/c1-4-7-15-9-12(14)13-8-10(2)5-6-11(13)3/h10-11H,4-9H2,1-3H3. The Bertz CT molecular complexity index is 206. The minimum Gasteiger partial charge on any atom is -0.372 e. The summed E-state index contributed by atoms with van der Waals surface area (Å²) < 4.78 is 5.29. The molecule has 0 spiro atoms. The zero-order chi connectivity index (χ0) is 11.3. The highest BCUT2D eigenvalue weighted by Crippen LogP contribution is 2.21. The number of carbonyl (C=O) groups is 1. The average Bonchev–Trinajstić information content (AvgIpc) is 2.22. The minimum absolute atomic E-state index is 0.155. The maximum absolute atomic E-state index is 11.8. The molecule has 1 aliphatic rings. The summed E-state index contributed by atoms with van der Waals surface area (Å²) in [5.41, 5.74) is 0. The fourth-order valence-corrected chi connectivity index (χ4v) is 2.02. The summed E-state index contributed by atoms with van der Waals surface area (Å²) in [6, 6.07) is 0.388. The van der Waals surface area contributed by atoms with E-state index >= 15 is 0 Å². The van der Waals surface area contributed by atoms with Gasteiger partial charge in [-0.15, -0.1) is 0 Å². The molecule has 2 atom stereocenters. The van der Waals surface area contributed by atoms with Crippen molar-refractivity contribution in [1.29, 1.82) is 0 Å². The van der Waals surface area contributed by atoms with Gasteiger partial charge in [-0.2, -0.15) is 0 Å². The first-order chi connectivity index (χ1) is 7.15. The van der Waals surface area contributed by atoms with Crippen molar-refractivity contribution in [2.24, 2.45) is 5.92 Å². The fourth-order valence-electron chi connectivity index (χ4n) is 2.02. The Labute approximate surface area is 92.8 Å². The van der Waals surface area contributed by atoms with Crippen LogP contribution in [0.2, 0.25) is 0 Å². The van der Waals surface area contributed by atoms with E-state index in [1.54, 1.807) is 0 Å². The molecule has 0 bridgehead atoms. The van der Waals surface area contributed by atoms with Gasteiger partial charge < -0.3 is 9.64 Å². The number of hydrogen-bond donors (Lipinski definition) is 0. The van der Waals surface area contributed by atoms with Crippen molar-refractivity contribution in [2.75, 3.05) is 19.8 Å². The lowest BCUT2D eigenvalue weighted by molar-refractivity contribution is -0.140. The van der Waals surface area contributed by atoms with Gasteiger partial charge in [-0.05, 0) is 32.1 Å². The summed E-state index contributed by atoms with van der Waals surface area (Å²) >= 11 is 0. The number of likely N-dealkylation sites (tertiary alicyclic amines) is 1. The van der Waals surface area contributed by atoms with Crippen molar-refractivity contribution in [3.8, 4) is 0 Å². The Hall–Kier alpha value is -0.570. The van der Waals surface area contributed by atoms with Gasteiger partial charge in [0.25, 0.3) is 0 Å². The first-order valence-electron chi connectivity index (χ1n) is 6.02. The number of ether oxygens (including phenoxy) is 1. The molecule has 1 fully saturated rings. The molecule has 0 aromatic rings. The molecule has 0 radical (unpaired) electrons. The van der Waals surface area contributed by atoms with Crippen molar-refractivity contribution in [3.05, 3.63) is 0 Å². The summed E-state index contributed by atoms with van der Waals surface area (Å²) in [6.07, 6.45) is 3.33. The van der Waals surface area contributed by atoms with E-state index in [4.69, 9.17) is 4.74 Å². The lowest BCUT2D eigenvalue weighted by Gasteiger charge is -2.36. The second-order valence-corrected chi connectivity index (χ2v) is 4.63. The lowest BCUT2D eigenvalue weighted by atomic mass is 9.95. The second kappa shape index (κ2) is 6.11. The van der Waals surface area contributed by atoms with Crippen LogP contribution in [0, 0.1) is 5.92 Å². The SMILES string of the molecule is CCCOCC(=O)N1CC(C)CCC1C. The van der Waals surface area contributed by atoms with Crippen molar-refractivity contribution in [3.63, 3.8) is 0 Å². The number of carbonyl (C=O) groups excluding carboxylic acids is 1. The van der Waals surface area contributed by atoms with Crippen LogP contribution in [0.4, 0.5) is 0 Å². The highest BCUT2D eigenvalue weighted by molar-refractivity contribution is 5.77. The zero-order valence-corrected chi connectivity index (χ0v) is 10.2. The number of amides is 1. The number of piperidine rings is 1. The monoisotopic (exact) mass is 213 g/mol. The van der Waals surface area contributed by atoms with Crippen molar-refractivity contribution < 1.29 is 9.53 Å². The fraction of sp³-hybridized carbons (Fsp3) is 0.917. The Morgan fingerprint density at radius 3 is 2.80 bits per heavy atom. The lowest BCUT2D eigenvalue weighted by Crippen LogP contribution is -2.46. The summed E-state index contributed by atoms with van der Waals surface area (Å²) in [5, 5.41) is 0. The van der Waals surface area contributed by atoms with Crippen molar-refractivity contribution in [2.45, 2.75) is 46.1 Å². The summed E-state index contributed by atoms with van der Waals surface area (Å²) in [7, 11) is 0. The molecule has 0 aromatic heterocycles. The molecule has 88 valence electrons. The van der Waals surface area contributed by atoms with Gasteiger partial charge in [0.2, 0.25) is 5.91 Å². The van der Waals surface area contributed by atoms with Gasteiger partial charge in [0.15, 0.2) is 0 Å². The highest BCUT2D eigenvalue weighted by Gasteiger charge is 2.26. The van der Waals surface area contributed by atoms with Crippen molar-refractivity contribution >= 4 is 5.91 Å². The van der Waals surface area contributed by atoms with E-state index in [-0.39, 0.29) is 12.5 Å². The third-order valence-corrected chi connectivity index (χ3v) is 3.01. The van der Waals surface area contributed by atoms with Gasteiger partial charge in [-0.25, -0.2) is 0 Å².